The van der Waals surface area contributed by atoms with E-state index in [1.54, 1.807) is 6.08 Å². The number of carboxylic acids is 1. The van der Waals surface area contributed by atoms with Crippen LogP contribution in [-0.4, -0.2) is 29.5 Å². The van der Waals surface area contributed by atoms with Crippen molar-refractivity contribution in [2.45, 2.75) is 32.7 Å². The summed E-state index contributed by atoms with van der Waals surface area (Å²) in [6.07, 6.45) is 3.28. The number of rotatable bonds is 7. The lowest BCUT2D eigenvalue weighted by Crippen LogP contribution is -2.30. The molecule has 0 aromatic heterocycles. The Morgan fingerprint density at radius 1 is 1.60 bits per heavy atom. The monoisotopic (exact) mass is 215 g/mol. The summed E-state index contributed by atoms with van der Waals surface area (Å²) >= 11 is 0. The van der Waals surface area contributed by atoms with Crippen LogP contribution in [0.5, 0.6) is 0 Å². The van der Waals surface area contributed by atoms with Crippen LogP contribution in [0.1, 0.15) is 26.7 Å². The second-order valence-electron chi connectivity index (χ2n) is 2.95. The molecule has 0 aromatic carbocycles. The molecule has 0 aliphatic carbocycles. The van der Waals surface area contributed by atoms with E-state index >= 15 is 0 Å². The van der Waals surface area contributed by atoms with Gasteiger partial charge in [0.2, 0.25) is 0 Å². The molecule has 0 bridgehead atoms. The van der Waals surface area contributed by atoms with Crippen molar-refractivity contribution < 1.29 is 9.90 Å². The zero-order valence-electron chi connectivity index (χ0n) is 8.15. The lowest BCUT2D eigenvalue weighted by atomic mass is 10.2. The van der Waals surface area contributed by atoms with Crippen molar-refractivity contribution in [3.63, 3.8) is 0 Å². The van der Waals surface area contributed by atoms with Gasteiger partial charge in [-0.2, -0.15) is 0 Å². The van der Waals surface area contributed by atoms with Crippen LogP contribution in [0.3, 0.4) is 0 Å². The van der Waals surface area contributed by atoms with Gasteiger partial charge in [-0.25, -0.2) is 0 Å². The van der Waals surface area contributed by atoms with Crippen LogP contribution in [0.2, 0.25) is 0 Å². The fourth-order valence-corrected chi connectivity index (χ4v) is 0.870. The Balaban J connectivity index is 0. The van der Waals surface area contributed by atoms with Gasteiger partial charge in [0.1, 0.15) is 6.04 Å². The number of amidine groups is 1. The first-order chi connectivity index (χ1) is 6.57. The molecule has 0 aliphatic heterocycles. The molecule has 5 heteroatoms. The molecule has 0 rings (SSSR count). The molecule has 0 saturated carbocycles. The second-order valence-corrected chi connectivity index (χ2v) is 2.95. The summed E-state index contributed by atoms with van der Waals surface area (Å²) in [7, 11) is 0. The molecule has 15 heavy (non-hydrogen) atoms. The van der Waals surface area contributed by atoms with Gasteiger partial charge < -0.3 is 16.6 Å². The van der Waals surface area contributed by atoms with E-state index < -0.39 is 12.0 Å². The first-order valence-electron chi connectivity index (χ1n) is 4.46. The topological polar surface area (TPSA) is 102 Å². The van der Waals surface area contributed by atoms with E-state index in [-0.39, 0.29) is 7.43 Å². The summed E-state index contributed by atoms with van der Waals surface area (Å²) in [6, 6.07) is -0.800. The average Bonchev–Trinajstić information content (AvgIpc) is 2.12. The Labute approximate surface area is 90.9 Å². The van der Waals surface area contributed by atoms with E-state index in [1.165, 1.54) is 0 Å². The van der Waals surface area contributed by atoms with Gasteiger partial charge in [0.05, 0.1) is 5.84 Å². The summed E-state index contributed by atoms with van der Waals surface area (Å²) in [4.78, 5) is 14.4. The lowest BCUT2D eigenvalue weighted by Gasteiger charge is -2.03. The largest absolute Gasteiger partial charge is 0.480 e. The van der Waals surface area contributed by atoms with E-state index in [9.17, 15) is 4.79 Å². The Morgan fingerprint density at radius 3 is 2.67 bits per heavy atom. The maximum Gasteiger partial charge on any atom is 0.320 e. The van der Waals surface area contributed by atoms with E-state index in [0.717, 1.165) is 0 Å². The molecule has 5 nitrogen and oxygen atoms in total. The van der Waals surface area contributed by atoms with Crippen LogP contribution in [-0.2, 0) is 4.79 Å². The first kappa shape index (κ1) is 16.1. The first-order valence-corrected chi connectivity index (χ1v) is 4.46. The summed E-state index contributed by atoms with van der Waals surface area (Å²) in [6.45, 7) is 4.04. The fourth-order valence-electron chi connectivity index (χ4n) is 0.870. The van der Waals surface area contributed by atoms with E-state index in [2.05, 4.69) is 11.6 Å². The number of aliphatic imine (C=N–C) groups is 1. The number of nitrogens with zero attached hydrogens (tertiary/aromatic N) is 1. The normalized spacial score (nSPS) is 12.7. The molecule has 0 aromatic rings. The molecule has 0 spiro atoms. The van der Waals surface area contributed by atoms with Crippen molar-refractivity contribution in [1.29, 1.82) is 0 Å². The molecule has 5 N–H and O–H groups in total. The molecule has 0 amide bonds. The van der Waals surface area contributed by atoms with E-state index in [4.69, 9.17) is 16.6 Å². The van der Waals surface area contributed by atoms with Crippen LogP contribution in [0, 0.1) is 0 Å². The minimum atomic E-state index is -0.979. The predicted molar refractivity (Wildman–Crippen MR) is 62.9 cm³/mol. The van der Waals surface area contributed by atoms with Crippen molar-refractivity contribution in [1.82, 2.24) is 0 Å². The highest BCUT2D eigenvalue weighted by Crippen LogP contribution is 1.95. The molecule has 0 radical (unpaired) electrons. The number of aliphatic carboxylic acids is 1. The van der Waals surface area contributed by atoms with Crippen molar-refractivity contribution in [3.8, 4) is 0 Å². The maximum atomic E-state index is 10.3. The van der Waals surface area contributed by atoms with Gasteiger partial charge in [-0.1, -0.05) is 13.5 Å². The third-order valence-electron chi connectivity index (χ3n) is 1.66. The standard InChI is InChI=1S/C9H17N3O2.CH4/c1-2-4-8(11)12-6-3-5-7(10)9(13)14;/h2,7H,1,3-6,10H2,(H2,11,12)(H,13,14);1H4. The Bertz CT molecular complexity index is 227. The summed E-state index contributed by atoms with van der Waals surface area (Å²) in [5, 5.41) is 8.48. The molecular formula is C10H21N3O2. The van der Waals surface area contributed by atoms with E-state index in [0.29, 0.717) is 31.6 Å². The van der Waals surface area contributed by atoms with Crippen molar-refractivity contribution >= 4 is 11.8 Å². The molecule has 1 unspecified atom stereocenters. The van der Waals surface area contributed by atoms with Gasteiger partial charge in [-0.3, -0.25) is 9.79 Å². The Kier molecular flexibility index (Phi) is 9.87. The molecule has 0 saturated heterocycles. The van der Waals surface area contributed by atoms with E-state index in [1.807, 2.05) is 0 Å². The third-order valence-corrected chi connectivity index (χ3v) is 1.66. The Morgan fingerprint density at radius 2 is 2.20 bits per heavy atom. The van der Waals surface area contributed by atoms with Crippen LogP contribution in [0.25, 0.3) is 0 Å². The number of carboxylic acid groups (broad SMARTS) is 1. The average molecular weight is 215 g/mol. The lowest BCUT2D eigenvalue weighted by molar-refractivity contribution is -0.138. The summed E-state index contributed by atoms with van der Waals surface area (Å²) in [5.74, 6) is -0.461. The zero-order valence-corrected chi connectivity index (χ0v) is 8.15. The summed E-state index contributed by atoms with van der Waals surface area (Å²) in [5.41, 5.74) is 10.8. The van der Waals surface area contributed by atoms with Gasteiger partial charge >= 0.3 is 5.97 Å². The Hall–Kier alpha value is -1.36. The molecule has 0 heterocycles. The number of hydrogen-bond donors (Lipinski definition) is 3. The minimum Gasteiger partial charge on any atom is -0.480 e. The highest BCUT2D eigenvalue weighted by molar-refractivity contribution is 5.81. The van der Waals surface area contributed by atoms with Crippen LogP contribution in [0.15, 0.2) is 17.6 Å². The summed E-state index contributed by atoms with van der Waals surface area (Å²) < 4.78 is 0. The number of hydrogen-bond acceptors (Lipinski definition) is 3. The maximum absolute atomic E-state index is 10.3. The van der Waals surface area contributed by atoms with Gasteiger partial charge in [0.25, 0.3) is 0 Å². The van der Waals surface area contributed by atoms with Crippen LogP contribution in [0.4, 0.5) is 0 Å². The number of carbonyl (C=O) groups is 1. The van der Waals surface area contributed by atoms with Gasteiger partial charge in [-0.05, 0) is 12.8 Å². The molecular weight excluding hydrogens is 194 g/mol. The fraction of sp³-hybridized carbons (Fsp3) is 0.600. The molecule has 88 valence electrons. The highest BCUT2D eigenvalue weighted by Gasteiger charge is 2.09. The zero-order chi connectivity index (χ0) is 11.0. The van der Waals surface area contributed by atoms with Gasteiger partial charge in [-0.15, -0.1) is 6.58 Å². The van der Waals surface area contributed by atoms with Crippen molar-refractivity contribution in [2.24, 2.45) is 16.5 Å². The second kappa shape index (κ2) is 9.21. The highest BCUT2D eigenvalue weighted by atomic mass is 16.4. The molecule has 0 aliphatic rings. The smallest absolute Gasteiger partial charge is 0.320 e. The minimum absolute atomic E-state index is 0. The van der Waals surface area contributed by atoms with Gasteiger partial charge in [0.15, 0.2) is 0 Å². The van der Waals surface area contributed by atoms with Crippen LogP contribution < -0.4 is 11.5 Å². The SMILES string of the molecule is C.C=CCC(N)=NCCCC(N)C(=O)O. The third kappa shape index (κ3) is 8.96. The molecule has 0 fully saturated rings. The quantitative estimate of drug-likeness (QED) is 0.252. The number of nitrogens with two attached hydrogens (primary N) is 2. The predicted octanol–water partition coefficient (Wildman–Crippen LogP) is 0.748. The van der Waals surface area contributed by atoms with Crippen molar-refractivity contribution in [3.05, 3.63) is 12.7 Å². The molecule has 1 atom stereocenters. The van der Waals surface area contributed by atoms with Crippen LogP contribution >= 0.6 is 0 Å². The van der Waals surface area contributed by atoms with Gasteiger partial charge in [0, 0.05) is 13.0 Å². The van der Waals surface area contributed by atoms with Crippen molar-refractivity contribution in [2.75, 3.05) is 6.54 Å².